The van der Waals surface area contributed by atoms with Gasteiger partial charge < -0.3 is 4.57 Å². The quantitative estimate of drug-likeness (QED) is 0.174. The highest BCUT2D eigenvalue weighted by Crippen LogP contribution is 2.44. The van der Waals surface area contributed by atoms with E-state index in [0.717, 1.165) is 50.2 Å². The molecule has 4 heterocycles. The van der Waals surface area contributed by atoms with Crippen LogP contribution in [0.5, 0.6) is 0 Å². The molecule has 0 amide bonds. The molecule has 0 radical (unpaired) electrons. The summed E-state index contributed by atoms with van der Waals surface area (Å²) in [4.78, 5) is 14.1. The average Bonchev–Trinajstić information content (AvgIpc) is 3.55. The van der Waals surface area contributed by atoms with Crippen LogP contribution in [0.1, 0.15) is 0 Å². The number of para-hydroxylation sites is 1. The van der Waals surface area contributed by atoms with Gasteiger partial charge in [0.1, 0.15) is 0 Å². The van der Waals surface area contributed by atoms with Gasteiger partial charge in [-0.25, -0.2) is 4.98 Å². The zero-order valence-electron chi connectivity index (χ0n) is 27.6. The van der Waals surface area contributed by atoms with Crippen molar-refractivity contribution in [2.24, 2.45) is 0 Å². The number of pyridine rings is 3. The van der Waals surface area contributed by atoms with E-state index < -0.39 is 0 Å². The molecule has 0 unspecified atom stereocenters. The van der Waals surface area contributed by atoms with E-state index in [0.29, 0.717) is 0 Å². The molecule has 10 rings (SSSR count). The van der Waals surface area contributed by atoms with Gasteiger partial charge in [0.15, 0.2) is 0 Å². The molecule has 6 aromatic carbocycles. The maximum atomic E-state index is 5.26. The van der Waals surface area contributed by atoms with Gasteiger partial charge in [0, 0.05) is 52.4 Å². The first-order valence-corrected chi connectivity index (χ1v) is 17.2. The van der Waals surface area contributed by atoms with Crippen LogP contribution in [0.15, 0.2) is 183 Å². The molecule has 0 atom stereocenters. The first-order valence-electron chi connectivity index (χ1n) is 17.2. The highest BCUT2D eigenvalue weighted by molar-refractivity contribution is 6.21. The zero-order chi connectivity index (χ0) is 33.7. The summed E-state index contributed by atoms with van der Waals surface area (Å²) in [6, 6.07) is 56.2. The molecular formula is C47H30N4. The second-order valence-electron chi connectivity index (χ2n) is 12.9. The van der Waals surface area contributed by atoms with E-state index in [1.165, 1.54) is 43.6 Å². The van der Waals surface area contributed by atoms with Gasteiger partial charge >= 0.3 is 0 Å². The summed E-state index contributed by atoms with van der Waals surface area (Å²) in [5.74, 6) is 0. The Hall–Kier alpha value is -6.91. The molecule has 238 valence electrons. The maximum Gasteiger partial charge on any atom is 0.0731 e. The van der Waals surface area contributed by atoms with Gasteiger partial charge in [0.05, 0.1) is 22.4 Å². The van der Waals surface area contributed by atoms with Crippen molar-refractivity contribution < 1.29 is 0 Å². The molecule has 51 heavy (non-hydrogen) atoms. The van der Waals surface area contributed by atoms with Crippen molar-refractivity contribution in [1.82, 2.24) is 19.5 Å². The van der Waals surface area contributed by atoms with Gasteiger partial charge in [-0.15, -0.1) is 0 Å². The van der Waals surface area contributed by atoms with Crippen LogP contribution in [-0.2, 0) is 0 Å². The predicted molar refractivity (Wildman–Crippen MR) is 211 cm³/mol. The fourth-order valence-electron chi connectivity index (χ4n) is 7.72. The van der Waals surface area contributed by atoms with E-state index >= 15 is 0 Å². The summed E-state index contributed by atoms with van der Waals surface area (Å²) < 4.78 is 2.31. The predicted octanol–water partition coefficient (Wildman–Crippen LogP) is 11.9. The van der Waals surface area contributed by atoms with E-state index in [1.807, 2.05) is 24.7 Å². The Morgan fingerprint density at radius 3 is 1.57 bits per heavy atom. The second kappa shape index (κ2) is 11.9. The first-order chi connectivity index (χ1) is 25.3. The van der Waals surface area contributed by atoms with Crippen LogP contribution in [0.3, 0.4) is 0 Å². The summed E-state index contributed by atoms with van der Waals surface area (Å²) in [5, 5.41) is 7.21. The SMILES string of the molecule is c1ccc(-c2c3ccccc3c(-c3cc(-c4ccc(-n5c6ccccc6c6cnccc65)cc4)nc(-c4cccnc4)c3)c3ccccc23)cc1. The van der Waals surface area contributed by atoms with Crippen LogP contribution in [0.4, 0.5) is 0 Å². The number of nitrogens with zero attached hydrogens (tertiary/aromatic N) is 4. The van der Waals surface area contributed by atoms with Crippen molar-refractivity contribution in [3.8, 4) is 50.5 Å². The molecule has 0 aliphatic rings. The lowest BCUT2D eigenvalue weighted by Gasteiger charge is -2.19. The summed E-state index contributed by atoms with van der Waals surface area (Å²) in [5.41, 5.74) is 12.0. The molecule has 10 aromatic rings. The van der Waals surface area contributed by atoms with Crippen LogP contribution in [-0.4, -0.2) is 19.5 Å². The fourth-order valence-corrected chi connectivity index (χ4v) is 7.72. The van der Waals surface area contributed by atoms with Crippen molar-refractivity contribution in [2.45, 2.75) is 0 Å². The number of rotatable bonds is 5. The van der Waals surface area contributed by atoms with Gasteiger partial charge in [-0.2, -0.15) is 0 Å². The van der Waals surface area contributed by atoms with E-state index in [1.54, 1.807) is 6.20 Å². The molecule has 0 spiro atoms. The van der Waals surface area contributed by atoms with Crippen molar-refractivity contribution in [2.75, 3.05) is 0 Å². The van der Waals surface area contributed by atoms with E-state index in [2.05, 4.69) is 166 Å². The lowest BCUT2D eigenvalue weighted by Crippen LogP contribution is -1.96. The molecule has 0 fully saturated rings. The van der Waals surface area contributed by atoms with Crippen LogP contribution < -0.4 is 0 Å². The normalized spacial score (nSPS) is 11.5. The van der Waals surface area contributed by atoms with Gasteiger partial charge in [-0.3, -0.25) is 9.97 Å². The third-order valence-electron chi connectivity index (χ3n) is 9.96. The Balaban J connectivity index is 1.20. The average molecular weight is 651 g/mol. The number of fused-ring (bicyclic) bond motifs is 5. The minimum Gasteiger partial charge on any atom is -0.309 e. The third kappa shape index (κ3) is 4.80. The molecule has 0 saturated carbocycles. The molecule has 4 aromatic heterocycles. The summed E-state index contributed by atoms with van der Waals surface area (Å²) >= 11 is 0. The van der Waals surface area contributed by atoms with Crippen LogP contribution in [0, 0.1) is 0 Å². The molecule has 4 nitrogen and oxygen atoms in total. The number of aromatic nitrogens is 4. The molecule has 0 saturated heterocycles. The highest BCUT2D eigenvalue weighted by Gasteiger charge is 2.19. The highest BCUT2D eigenvalue weighted by atomic mass is 15.0. The Kier molecular flexibility index (Phi) is 6.78. The molecule has 4 heteroatoms. The van der Waals surface area contributed by atoms with Crippen LogP contribution in [0.25, 0.3) is 93.8 Å². The molecular weight excluding hydrogens is 621 g/mol. The summed E-state index contributed by atoms with van der Waals surface area (Å²) in [6.07, 6.45) is 7.52. The van der Waals surface area contributed by atoms with Crippen molar-refractivity contribution in [1.29, 1.82) is 0 Å². The van der Waals surface area contributed by atoms with Gasteiger partial charge in [0.25, 0.3) is 0 Å². The largest absolute Gasteiger partial charge is 0.309 e. The van der Waals surface area contributed by atoms with Gasteiger partial charge in [-0.05, 0) is 92.3 Å². The lowest BCUT2D eigenvalue weighted by molar-refractivity contribution is 1.17. The fraction of sp³-hybridized carbons (Fsp3) is 0. The number of hydrogen-bond donors (Lipinski definition) is 0. The Morgan fingerprint density at radius 2 is 0.902 bits per heavy atom. The smallest absolute Gasteiger partial charge is 0.0731 e. The van der Waals surface area contributed by atoms with E-state index in [9.17, 15) is 0 Å². The lowest BCUT2D eigenvalue weighted by atomic mass is 9.85. The standard InChI is InChI=1S/C47H30N4/c1-2-11-32(12-3-1)46-37-15-4-6-17-39(37)47(40-18-7-5-16-38(40)46)34-27-42(50-43(28-34)33-13-10-25-48-29-33)31-20-22-35(23-21-31)51-44-19-9-8-14-36(44)41-30-49-26-24-45(41)51/h1-30H. The minimum absolute atomic E-state index is 0.884. The van der Waals surface area contributed by atoms with Crippen molar-refractivity contribution >= 4 is 43.4 Å². The second-order valence-corrected chi connectivity index (χ2v) is 12.9. The third-order valence-corrected chi connectivity index (χ3v) is 9.96. The molecule has 0 aliphatic heterocycles. The number of benzene rings is 6. The summed E-state index contributed by atoms with van der Waals surface area (Å²) in [6.45, 7) is 0. The summed E-state index contributed by atoms with van der Waals surface area (Å²) in [7, 11) is 0. The van der Waals surface area contributed by atoms with Gasteiger partial charge in [-0.1, -0.05) is 109 Å². The van der Waals surface area contributed by atoms with Gasteiger partial charge in [0.2, 0.25) is 0 Å². The molecule has 0 bridgehead atoms. The number of hydrogen-bond acceptors (Lipinski definition) is 3. The molecule has 0 aliphatic carbocycles. The van der Waals surface area contributed by atoms with Crippen LogP contribution >= 0.6 is 0 Å². The topological polar surface area (TPSA) is 43.6 Å². The first kappa shape index (κ1) is 29.0. The van der Waals surface area contributed by atoms with Crippen LogP contribution in [0.2, 0.25) is 0 Å². The van der Waals surface area contributed by atoms with Crippen molar-refractivity contribution in [3.63, 3.8) is 0 Å². The van der Waals surface area contributed by atoms with E-state index in [-0.39, 0.29) is 0 Å². The Bertz CT molecular complexity index is 2780. The van der Waals surface area contributed by atoms with Crippen molar-refractivity contribution in [3.05, 3.63) is 183 Å². The monoisotopic (exact) mass is 650 g/mol. The Morgan fingerprint density at radius 1 is 0.353 bits per heavy atom. The molecule has 0 N–H and O–H groups in total. The Labute approximate surface area is 295 Å². The maximum absolute atomic E-state index is 5.26. The van der Waals surface area contributed by atoms with E-state index in [4.69, 9.17) is 4.98 Å². The minimum atomic E-state index is 0.884. The zero-order valence-corrected chi connectivity index (χ0v) is 27.6.